The number of fused-ring (bicyclic) bond motifs is 1. The van der Waals surface area contributed by atoms with E-state index in [-0.39, 0.29) is 31.1 Å². The number of rotatable bonds is 2. The molecule has 1 aliphatic rings. The lowest BCUT2D eigenvalue weighted by Gasteiger charge is -2.07. The average Bonchev–Trinajstić information content (AvgIpc) is 2.60. The van der Waals surface area contributed by atoms with Crippen LogP contribution in [0.15, 0.2) is 6.07 Å². The molecule has 0 saturated heterocycles. The van der Waals surface area contributed by atoms with Crippen molar-refractivity contribution in [2.24, 2.45) is 0 Å². The van der Waals surface area contributed by atoms with E-state index in [0.717, 1.165) is 6.07 Å². The Balaban J connectivity index is 2.54. The second kappa shape index (κ2) is 3.34. The molecule has 1 aliphatic heterocycles. The molecular formula is C9H9FO4. The molecule has 0 saturated carbocycles. The molecule has 0 spiro atoms. The van der Waals surface area contributed by atoms with E-state index in [1.807, 2.05) is 0 Å². The van der Waals surface area contributed by atoms with E-state index in [4.69, 9.17) is 14.6 Å². The first kappa shape index (κ1) is 9.08. The number of phenolic OH excluding ortho intramolecular Hbond substituents is 1. The Bertz CT molecular complexity index is 364. The molecule has 0 radical (unpaired) electrons. The third-order valence-electron chi connectivity index (χ3n) is 2.05. The highest BCUT2D eigenvalue weighted by molar-refractivity contribution is 5.55. The minimum absolute atomic E-state index is 0.0106. The van der Waals surface area contributed by atoms with Gasteiger partial charge in [0.15, 0.2) is 23.1 Å². The normalized spacial score (nSPS) is 13.3. The predicted octanol–water partition coefficient (Wildman–Crippen LogP) is 0.795. The fourth-order valence-corrected chi connectivity index (χ4v) is 1.41. The highest BCUT2D eigenvalue weighted by atomic mass is 19.1. The number of hydrogen-bond acceptors (Lipinski definition) is 4. The van der Waals surface area contributed by atoms with Gasteiger partial charge < -0.3 is 19.7 Å². The maximum atomic E-state index is 13.1. The summed E-state index contributed by atoms with van der Waals surface area (Å²) in [6.07, 6.45) is 0.134. The standard InChI is InChI=1S/C9H9FO4/c10-6-3-7-9(14-4-13-7)5(1-2-11)8(6)12/h3,11-12H,1-2,4H2. The average molecular weight is 200 g/mol. The van der Waals surface area contributed by atoms with Crippen molar-refractivity contribution in [3.05, 3.63) is 17.4 Å². The van der Waals surface area contributed by atoms with Crippen molar-refractivity contribution in [2.75, 3.05) is 13.4 Å². The number of hydrogen-bond donors (Lipinski definition) is 2. The summed E-state index contributed by atoms with van der Waals surface area (Å²) in [5.41, 5.74) is 0.250. The van der Waals surface area contributed by atoms with Gasteiger partial charge in [-0.15, -0.1) is 0 Å². The van der Waals surface area contributed by atoms with E-state index in [2.05, 4.69) is 0 Å². The van der Waals surface area contributed by atoms with E-state index in [1.165, 1.54) is 0 Å². The molecule has 2 rings (SSSR count). The molecule has 5 heteroatoms. The zero-order valence-electron chi connectivity index (χ0n) is 7.29. The lowest BCUT2D eigenvalue weighted by atomic mass is 10.1. The monoisotopic (exact) mass is 200 g/mol. The van der Waals surface area contributed by atoms with Gasteiger partial charge >= 0.3 is 0 Å². The number of aliphatic hydroxyl groups is 1. The Kier molecular flexibility index (Phi) is 2.17. The van der Waals surface area contributed by atoms with Crippen LogP contribution in [0.5, 0.6) is 17.2 Å². The number of benzene rings is 1. The first-order valence-corrected chi connectivity index (χ1v) is 4.15. The molecule has 76 valence electrons. The topological polar surface area (TPSA) is 58.9 Å². The van der Waals surface area contributed by atoms with E-state index in [9.17, 15) is 9.50 Å². The molecule has 14 heavy (non-hydrogen) atoms. The minimum Gasteiger partial charge on any atom is -0.505 e. The highest BCUT2D eigenvalue weighted by Gasteiger charge is 2.23. The Morgan fingerprint density at radius 3 is 2.93 bits per heavy atom. The van der Waals surface area contributed by atoms with E-state index in [0.29, 0.717) is 5.75 Å². The van der Waals surface area contributed by atoms with Gasteiger partial charge in [0.1, 0.15) is 0 Å². The summed E-state index contributed by atoms with van der Waals surface area (Å²) in [5.74, 6) is -0.664. The maximum Gasteiger partial charge on any atom is 0.231 e. The van der Waals surface area contributed by atoms with Crippen LogP contribution >= 0.6 is 0 Å². The summed E-state index contributed by atoms with van der Waals surface area (Å²) in [5, 5.41) is 18.1. The molecule has 1 aromatic rings. The van der Waals surface area contributed by atoms with Gasteiger partial charge in [0.05, 0.1) is 0 Å². The smallest absolute Gasteiger partial charge is 0.231 e. The minimum atomic E-state index is -0.766. The summed E-state index contributed by atoms with van der Waals surface area (Å²) >= 11 is 0. The Morgan fingerprint density at radius 1 is 1.43 bits per heavy atom. The van der Waals surface area contributed by atoms with Gasteiger partial charge in [0.2, 0.25) is 6.79 Å². The quantitative estimate of drug-likeness (QED) is 0.741. The number of ether oxygens (including phenoxy) is 2. The summed E-state index contributed by atoms with van der Waals surface area (Å²) in [7, 11) is 0. The molecule has 0 unspecified atom stereocenters. The maximum absolute atomic E-state index is 13.1. The van der Waals surface area contributed by atoms with Crippen molar-refractivity contribution in [3.63, 3.8) is 0 Å². The molecule has 2 N–H and O–H groups in total. The summed E-state index contributed by atoms with van der Waals surface area (Å²) < 4.78 is 23.1. The van der Waals surface area contributed by atoms with E-state index in [1.54, 1.807) is 0 Å². The lowest BCUT2D eigenvalue weighted by Crippen LogP contribution is -1.97. The first-order chi connectivity index (χ1) is 6.74. The largest absolute Gasteiger partial charge is 0.505 e. The van der Waals surface area contributed by atoms with Crippen molar-refractivity contribution in [1.82, 2.24) is 0 Å². The van der Waals surface area contributed by atoms with E-state index >= 15 is 0 Å². The summed E-state index contributed by atoms with van der Waals surface area (Å²) in [6, 6.07) is 1.07. The van der Waals surface area contributed by atoms with Crippen LogP contribution in [0.25, 0.3) is 0 Å². The molecule has 4 nitrogen and oxygen atoms in total. The van der Waals surface area contributed by atoms with Crippen LogP contribution in [-0.4, -0.2) is 23.6 Å². The van der Waals surface area contributed by atoms with Crippen molar-refractivity contribution in [2.45, 2.75) is 6.42 Å². The van der Waals surface area contributed by atoms with Crippen LogP contribution in [0.1, 0.15) is 5.56 Å². The zero-order valence-corrected chi connectivity index (χ0v) is 7.29. The van der Waals surface area contributed by atoms with Crippen LogP contribution < -0.4 is 9.47 Å². The third-order valence-corrected chi connectivity index (χ3v) is 2.05. The van der Waals surface area contributed by atoms with E-state index < -0.39 is 11.6 Å². The first-order valence-electron chi connectivity index (χ1n) is 4.15. The molecule has 0 bridgehead atoms. The fourth-order valence-electron chi connectivity index (χ4n) is 1.41. The van der Waals surface area contributed by atoms with Crippen LogP contribution in [0, 0.1) is 5.82 Å². The molecule has 1 aromatic carbocycles. The summed E-state index contributed by atoms with van der Waals surface area (Å²) in [4.78, 5) is 0. The second-order valence-electron chi connectivity index (χ2n) is 2.89. The van der Waals surface area contributed by atoms with Gasteiger partial charge in [-0.3, -0.25) is 0 Å². The fraction of sp³-hybridized carbons (Fsp3) is 0.333. The Labute approximate surface area is 79.5 Å². The predicted molar refractivity (Wildman–Crippen MR) is 45.0 cm³/mol. The van der Waals surface area contributed by atoms with Gasteiger partial charge in [-0.25, -0.2) is 4.39 Å². The van der Waals surface area contributed by atoms with Crippen LogP contribution in [0.4, 0.5) is 4.39 Å². The molecule has 0 amide bonds. The van der Waals surface area contributed by atoms with Crippen molar-refractivity contribution in [3.8, 4) is 17.2 Å². The van der Waals surface area contributed by atoms with Crippen LogP contribution in [0.2, 0.25) is 0 Å². The second-order valence-corrected chi connectivity index (χ2v) is 2.89. The zero-order chi connectivity index (χ0) is 10.1. The van der Waals surface area contributed by atoms with Gasteiger partial charge in [-0.05, 0) is 0 Å². The van der Waals surface area contributed by atoms with Gasteiger partial charge in [0, 0.05) is 24.7 Å². The van der Waals surface area contributed by atoms with Gasteiger partial charge in [-0.1, -0.05) is 0 Å². The van der Waals surface area contributed by atoms with Crippen molar-refractivity contribution < 1.29 is 24.1 Å². The Hall–Kier alpha value is -1.49. The molecule has 0 atom stereocenters. The van der Waals surface area contributed by atoms with Gasteiger partial charge in [-0.2, -0.15) is 0 Å². The number of aromatic hydroxyl groups is 1. The van der Waals surface area contributed by atoms with Crippen LogP contribution in [-0.2, 0) is 6.42 Å². The van der Waals surface area contributed by atoms with Gasteiger partial charge in [0.25, 0.3) is 0 Å². The molecular weight excluding hydrogens is 191 g/mol. The molecule has 0 fully saturated rings. The summed E-state index contributed by atoms with van der Waals surface area (Å²) in [6.45, 7) is -0.177. The molecule has 1 heterocycles. The molecule has 0 aromatic heterocycles. The molecule has 0 aliphatic carbocycles. The van der Waals surface area contributed by atoms with Crippen LogP contribution in [0.3, 0.4) is 0 Å². The highest BCUT2D eigenvalue weighted by Crippen LogP contribution is 2.42. The number of aliphatic hydroxyl groups excluding tert-OH is 1. The Morgan fingerprint density at radius 2 is 2.21 bits per heavy atom. The van der Waals surface area contributed by atoms with Crippen molar-refractivity contribution >= 4 is 0 Å². The SMILES string of the molecule is OCCc1c(O)c(F)cc2c1OCO2. The van der Waals surface area contributed by atoms with Crippen molar-refractivity contribution in [1.29, 1.82) is 0 Å². The lowest BCUT2D eigenvalue weighted by molar-refractivity contribution is 0.172. The third kappa shape index (κ3) is 1.26. The number of halogens is 1. The number of phenols is 1.